The molecular weight excluding hydrogens is 234 g/mol. The van der Waals surface area contributed by atoms with Gasteiger partial charge in [0.2, 0.25) is 0 Å². The van der Waals surface area contributed by atoms with Crippen LogP contribution in [0.1, 0.15) is 37.7 Å². The molecule has 2 saturated carbocycles. The number of allylic oxidation sites excluding steroid dienone is 1. The van der Waals surface area contributed by atoms with Crippen LogP contribution in [0.2, 0.25) is 0 Å². The summed E-state index contributed by atoms with van der Waals surface area (Å²) < 4.78 is 0. The second-order valence-corrected chi connectivity index (χ2v) is 5.95. The number of fused-ring (bicyclic) bond motifs is 2. The maximum Gasteiger partial charge on any atom is 0.142 e. The van der Waals surface area contributed by atoms with E-state index in [4.69, 9.17) is 4.84 Å². The third kappa shape index (κ3) is 3.25. The fraction of sp³-hybridized carbons (Fsp3) is 0.471. The maximum atomic E-state index is 5.52. The van der Waals surface area contributed by atoms with E-state index in [0.717, 1.165) is 24.7 Å². The largest absolute Gasteiger partial charge is 0.391 e. The van der Waals surface area contributed by atoms with Crippen LogP contribution in [0.4, 0.5) is 0 Å². The Morgan fingerprint density at radius 2 is 1.74 bits per heavy atom. The van der Waals surface area contributed by atoms with E-state index in [-0.39, 0.29) is 0 Å². The van der Waals surface area contributed by atoms with Gasteiger partial charge >= 0.3 is 0 Å². The molecule has 0 aliphatic heterocycles. The highest BCUT2D eigenvalue weighted by Gasteiger charge is 2.31. The SMILES string of the molecule is C=C1CC2CC(=NOCc3ccccc3)C[C@H](C1)C2. The molecule has 0 heterocycles. The smallest absolute Gasteiger partial charge is 0.142 e. The second kappa shape index (κ2) is 5.60. The van der Waals surface area contributed by atoms with Crippen molar-refractivity contribution in [1.29, 1.82) is 0 Å². The summed E-state index contributed by atoms with van der Waals surface area (Å²) in [5.74, 6) is 1.53. The zero-order chi connectivity index (χ0) is 13.1. The van der Waals surface area contributed by atoms with Gasteiger partial charge in [-0.2, -0.15) is 0 Å². The average molecular weight is 255 g/mol. The molecule has 0 saturated heterocycles. The van der Waals surface area contributed by atoms with E-state index < -0.39 is 0 Å². The first-order chi connectivity index (χ1) is 9.29. The molecule has 2 aliphatic rings. The Labute approximate surface area is 115 Å². The van der Waals surface area contributed by atoms with E-state index in [1.165, 1.54) is 36.1 Å². The molecule has 2 atom stereocenters. The molecular formula is C17H21NO. The van der Waals surface area contributed by atoms with Gasteiger partial charge in [-0.1, -0.05) is 47.6 Å². The molecule has 100 valence electrons. The highest BCUT2D eigenvalue weighted by atomic mass is 16.6. The lowest BCUT2D eigenvalue weighted by Crippen LogP contribution is -2.27. The third-order valence-corrected chi connectivity index (χ3v) is 4.14. The van der Waals surface area contributed by atoms with Crippen molar-refractivity contribution in [1.82, 2.24) is 0 Å². The summed E-state index contributed by atoms with van der Waals surface area (Å²) in [6.07, 6.45) is 5.94. The monoisotopic (exact) mass is 255 g/mol. The van der Waals surface area contributed by atoms with Crippen molar-refractivity contribution in [3.8, 4) is 0 Å². The fourth-order valence-electron chi connectivity index (χ4n) is 3.45. The number of benzene rings is 1. The molecule has 2 nitrogen and oxygen atoms in total. The first-order valence-electron chi connectivity index (χ1n) is 7.18. The molecule has 2 aliphatic carbocycles. The van der Waals surface area contributed by atoms with Crippen LogP contribution in [0, 0.1) is 11.8 Å². The Balaban J connectivity index is 1.55. The maximum absolute atomic E-state index is 5.52. The van der Waals surface area contributed by atoms with Gasteiger partial charge < -0.3 is 4.84 Å². The van der Waals surface area contributed by atoms with Crippen LogP contribution in [0.25, 0.3) is 0 Å². The summed E-state index contributed by atoms with van der Waals surface area (Å²) in [7, 11) is 0. The van der Waals surface area contributed by atoms with Crippen LogP contribution < -0.4 is 0 Å². The Morgan fingerprint density at radius 3 is 2.42 bits per heavy atom. The van der Waals surface area contributed by atoms with Gasteiger partial charge in [0.1, 0.15) is 6.61 Å². The molecule has 0 spiro atoms. The van der Waals surface area contributed by atoms with Gasteiger partial charge in [-0.3, -0.25) is 0 Å². The minimum Gasteiger partial charge on any atom is -0.391 e. The highest BCUT2D eigenvalue weighted by molar-refractivity contribution is 5.85. The molecule has 0 radical (unpaired) electrons. The van der Waals surface area contributed by atoms with Gasteiger partial charge in [0.05, 0.1) is 5.71 Å². The molecule has 2 heteroatoms. The normalized spacial score (nSPS) is 28.4. The van der Waals surface area contributed by atoms with Crippen LogP contribution in [-0.2, 0) is 11.4 Å². The molecule has 3 rings (SSSR count). The zero-order valence-corrected chi connectivity index (χ0v) is 11.3. The van der Waals surface area contributed by atoms with Crippen LogP contribution in [0.15, 0.2) is 47.6 Å². The summed E-state index contributed by atoms with van der Waals surface area (Å²) in [5, 5.41) is 4.37. The lowest BCUT2D eigenvalue weighted by Gasteiger charge is -2.35. The van der Waals surface area contributed by atoms with Gasteiger partial charge in [-0.25, -0.2) is 0 Å². The van der Waals surface area contributed by atoms with E-state index in [2.05, 4.69) is 23.9 Å². The Morgan fingerprint density at radius 1 is 1.05 bits per heavy atom. The number of hydrogen-bond donors (Lipinski definition) is 0. The molecule has 1 aromatic rings. The number of oxime groups is 1. The van der Waals surface area contributed by atoms with Crippen LogP contribution in [0.5, 0.6) is 0 Å². The molecule has 0 aromatic heterocycles. The van der Waals surface area contributed by atoms with Crippen molar-refractivity contribution in [2.75, 3.05) is 0 Å². The summed E-state index contributed by atoms with van der Waals surface area (Å²) in [5.41, 5.74) is 3.87. The van der Waals surface area contributed by atoms with Crippen molar-refractivity contribution in [2.24, 2.45) is 17.0 Å². The van der Waals surface area contributed by atoms with Crippen molar-refractivity contribution in [3.63, 3.8) is 0 Å². The van der Waals surface area contributed by atoms with Gasteiger partial charge in [0, 0.05) is 0 Å². The van der Waals surface area contributed by atoms with Crippen molar-refractivity contribution < 1.29 is 4.84 Å². The zero-order valence-electron chi connectivity index (χ0n) is 11.3. The fourth-order valence-corrected chi connectivity index (χ4v) is 3.45. The summed E-state index contributed by atoms with van der Waals surface area (Å²) in [4.78, 5) is 5.52. The lowest BCUT2D eigenvalue weighted by molar-refractivity contribution is 0.126. The molecule has 1 aromatic carbocycles. The first kappa shape index (κ1) is 12.5. The molecule has 2 bridgehead atoms. The number of hydrogen-bond acceptors (Lipinski definition) is 2. The predicted molar refractivity (Wildman–Crippen MR) is 77.9 cm³/mol. The van der Waals surface area contributed by atoms with Crippen molar-refractivity contribution in [3.05, 3.63) is 48.0 Å². The first-order valence-corrected chi connectivity index (χ1v) is 7.18. The standard InChI is InChI=1S/C17H21NO/c1-13-7-15-9-16(8-13)11-17(10-15)18-19-12-14-5-3-2-4-6-14/h2-6,15-16H,1,7-12H2/t15-,16?/m1/s1. The molecule has 19 heavy (non-hydrogen) atoms. The minimum absolute atomic E-state index is 0.576. The average Bonchev–Trinajstić information content (AvgIpc) is 2.38. The topological polar surface area (TPSA) is 21.6 Å². The Hall–Kier alpha value is -1.57. The van der Waals surface area contributed by atoms with Gasteiger partial charge in [0.25, 0.3) is 0 Å². The molecule has 2 fully saturated rings. The number of nitrogens with zero attached hydrogens (tertiary/aromatic N) is 1. The quantitative estimate of drug-likeness (QED) is 0.582. The van der Waals surface area contributed by atoms with Crippen LogP contribution in [-0.4, -0.2) is 5.71 Å². The van der Waals surface area contributed by atoms with Crippen LogP contribution in [0.3, 0.4) is 0 Å². The van der Waals surface area contributed by atoms with Crippen LogP contribution >= 0.6 is 0 Å². The lowest BCUT2D eigenvalue weighted by atomic mass is 9.70. The van der Waals surface area contributed by atoms with E-state index in [1.807, 2.05) is 18.2 Å². The summed E-state index contributed by atoms with van der Waals surface area (Å²) in [6.45, 7) is 4.73. The van der Waals surface area contributed by atoms with Gasteiger partial charge in [-0.15, -0.1) is 0 Å². The molecule has 1 unspecified atom stereocenters. The van der Waals surface area contributed by atoms with Crippen molar-refractivity contribution >= 4 is 5.71 Å². The summed E-state index contributed by atoms with van der Waals surface area (Å²) in [6, 6.07) is 10.2. The van der Waals surface area contributed by atoms with Crippen molar-refractivity contribution in [2.45, 2.75) is 38.7 Å². The molecule has 0 amide bonds. The Bertz CT molecular complexity index is 459. The summed E-state index contributed by atoms with van der Waals surface area (Å²) >= 11 is 0. The minimum atomic E-state index is 0.576. The van der Waals surface area contributed by atoms with E-state index in [0.29, 0.717) is 6.61 Å². The van der Waals surface area contributed by atoms with Gasteiger partial charge in [0.15, 0.2) is 0 Å². The predicted octanol–water partition coefficient (Wildman–Crippen LogP) is 4.33. The van der Waals surface area contributed by atoms with E-state index >= 15 is 0 Å². The number of rotatable bonds is 3. The van der Waals surface area contributed by atoms with Gasteiger partial charge in [-0.05, 0) is 49.5 Å². The second-order valence-electron chi connectivity index (χ2n) is 5.95. The van der Waals surface area contributed by atoms with E-state index in [9.17, 15) is 0 Å². The highest BCUT2D eigenvalue weighted by Crippen LogP contribution is 2.40. The third-order valence-electron chi connectivity index (χ3n) is 4.14. The van der Waals surface area contributed by atoms with E-state index in [1.54, 1.807) is 0 Å². The molecule has 0 N–H and O–H groups in total. The Kier molecular flexibility index (Phi) is 3.67.